The number of hydrogen-bond acceptors (Lipinski definition) is 2. The summed E-state index contributed by atoms with van der Waals surface area (Å²) in [5.41, 5.74) is 0.936. The lowest BCUT2D eigenvalue weighted by molar-refractivity contribution is -0.116. The van der Waals surface area contributed by atoms with Crippen molar-refractivity contribution in [1.82, 2.24) is 0 Å². The summed E-state index contributed by atoms with van der Waals surface area (Å²) in [5, 5.41) is 6.78. The summed E-state index contributed by atoms with van der Waals surface area (Å²) >= 11 is 1.60. The van der Waals surface area contributed by atoms with Crippen LogP contribution in [0.25, 0.3) is 0 Å². The summed E-state index contributed by atoms with van der Waals surface area (Å²) in [7, 11) is 0. The highest BCUT2D eigenvalue weighted by atomic mass is 32.1. The van der Waals surface area contributed by atoms with Crippen LogP contribution in [0, 0.1) is 5.92 Å². The molecule has 0 unspecified atom stereocenters. The van der Waals surface area contributed by atoms with Crippen LogP contribution in [0.2, 0.25) is 0 Å². The molecule has 1 amide bonds. The van der Waals surface area contributed by atoms with Gasteiger partial charge in [-0.25, -0.2) is 0 Å². The molecule has 0 radical (unpaired) electrons. The summed E-state index contributed by atoms with van der Waals surface area (Å²) < 4.78 is 0. The average Bonchev–Trinajstić information content (AvgIpc) is 2.66. The highest BCUT2D eigenvalue weighted by Crippen LogP contribution is 2.32. The molecule has 2 rings (SSSR count). The predicted octanol–water partition coefficient (Wildman–Crippen LogP) is 2.49. The first-order valence-corrected chi connectivity index (χ1v) is 5.11. The van der Waals surface area contributed by atoms with Crippen LogP contribution in [0.4, 0.5) is 5.69 Å². The molecule has 1 saturated carbocycles. The second kappa shape index (κ2) is 3.27. The van der Waals surface area contributed by atoms with Gasteiger partial charge in [0.1, 0.15) is 0 Å². The number of amides is 1. The first-order chi connectivity index (χ1) is 5.84. The maximum Gasteiger partial charge on any atom is 0.224 e. The van der Waals surface area contributed by atoms with Crippen LogP contribution in [-0.4, -0.2) is 5.91 Å². The number of rotatable bonds is 3. The Kier molecular flexibility index (Phi) is 2.13. The summed E-state index contributed by atoms with van der Waals surface area (Å²) in [4.78, 5) is 11.3. The number of carbonyl (C=O) groups is 1. The fourth-order valence-electron chi connectivity index (χ4n) is 1.13. The van der Waals surface area contributed by atoms with Gasteiger partial charge in [0, 0.05) is 11.8 Å². The number of nitrogens with one attached hydrogen (secondary N) is 1. The van der Waals surface area contributed by atoms with Gasteiger partial charge in [0.2, 0.25) is 5.91 Å². The molecule has 1 aliphatic rings. The van der Waals surface area contributed by atoms with Gasteiger partial charge in [-0.2, -0.15) is 11.3 Å². The molecule has 0 saturated heterocycles. The molecule has 1 N–H and O–H groups in total. The Balaban J connectivity index is 1.82. The van der Waals surface area contributed by atoms with Gasteiger partial charge in [0.25, 0.3) is 0 Å². The zero-order valence-corrected chi connectivity index (χ0v) is 7.56. The monoisotopic (exact) mass is 181 g/mol. The standard InChI is InChI=1S/C9H11NOS/c11-9(5-7-1-2-7)10-8-3-4-12-6-8/h3-4,6-7H,1-2,5H2,(H,10,11). The number of carbonyl (C=O) groups excluding carboxylic acids is 1. The molecule has 0 bridgehead atoms. The third-order valence-corrected chi connectivity index (χ3v) is 2.66. The van der Waals surface area contributed by atoms with Crippen LogP contribution in [-0.2, 0) is 4.79 Å². The van der Waals surface area contributed by atoms with E-state index in [1.165, 1.54) is 12.8 Å². The largest absolute Gasteiger partial charge is 0.325 e. The van der Waals surface area contributed by atoms with Gasteiger partial charge in [0.05, 0.1) is 5.69 Å². The first kappa shape index (κ1) is 7.80. The molecular formula is C9H11NOS. The van der Waals surface area contributed by atoms with E-state index in [1.807, 2.05) is 16.8 Å². The fraction of sp³-hybridized carbons (Fsp3) is 0.444. The minimum Gasteiger partial charge on any atom is -0.325 e. The third-order valence-electron chi connectivity index (χ3n) is 1.98. The van der Waals surface area contributed by atoms with Crippen LogP contribution in [0.3, 0.4) is 0 Å². The van der Waals surface area contributed by atoms with Crippen molar-refractivity contribution >= 4 is 22.9 Å². The van der Waals surface area contributed by atoms with Gasteiger partial charge in [0.15, 0.2) is 0 Å². The lowest BCUT2D eigenvalue weighted by atomic mass is 10.3. The molecule has 0 atom stereocenters. The van der Waals surface area contributed by atoms with Crippen LogP contribution in [0.15, 0.2) is 16.8 Å². The van der Waals surface area contributed by atoms with E-state index in [0.717, 1.165) is 5.69 Å². The molecule has 1 aromatic rings. The highest BCUT2D eigenvalue weighted by molar-refractivity contribution is 7.08. The Morgan fingerprint density at radius 2 is 2.50 bits per heavy atom. The van der Waals surface area contributed by atoms with E-state index >= 15 is 0 Å². The SMILES string of the molecule is O=C(CC1CC1)Nc1ccsc1. The second-order valence-corrected chi connectivity index (χ2v) is 3.99. The quantitative estimate of drug-likeness (QED) is 0.762. The Bertz CT molecular complexity index is 264. The number of thiophene rings is 1. The van der Waals surface area contributed by atoms with E-state index in [2.05, 4.69) is 5.32 Å². The summed E-state index contributed by atoms with van der Waals surface area (Å²) in [6.07, 6.45) is 3.17. The minimum absolute atomic E-state index is 0.163. The van der Waals surface area contributed by atoms with Crippen molar-refractivity contribution in [3.8, 4) is 0 Å². The van der Waals surface area contributed by atoms with E-state index in [-0.39, 0.29) is 5.91 Å². The molecule has 2 nitrogen and oxygen atoms in total. The van der Waals surface area contributed by atoms with Crippen molar-refractivity contribution in [3.05, 3.63) is 16.8 Å². The number of anilines is 1. The van der Waals surface area contributed by atoms with Crippen molar-refractivity contribution in [3.63, 3.8) is 0 Å². The predicted molar refractivity (Wildman–Crippen MR) is 50.3 cm³/mol. The van der Waals surface area contributed by atoms with E-state index in [4.69, 9.17) is 0 Å². The molecular weight excluding hydrogens is 170 g/mol. The highest BCUT2D eigenvalue weighted by Gasteiger charge is 2.24. The zero-order valence-electron chi connectivity index (χ0n) is 6.75. The molecule has 0 aromatic carbocycles. The van der Waals surface area contributed by atoms with E-state index in [9.17, 15) is 4.79 Å². The lowest BCUT2D eigenvalue weighted by Crippen LogP contribution is -2.10. The van der Waals surface area contributed by atoms with Crippen molar-refractivity contribution in [2.45, 2.75) is 19.3 Å². The van der Waals surface area contributed by atoms with E-state index in [1.54, 1.807) is 11.3 Å². The Morgan fingerprint density at radius 1 is 1.67 bits per heavy atom. The third kappa shape index (κ3) is 2.08. The summed E-state index contributed by atoms with van der Waals surface area (Å²) in [6, 6.07) is 1.93. The van der Waals surface area contributed by atoms with E-state index in [0.29, 0.717) is 12.3 Å². The first-order valence-electron chi connectivity index (χ1n) is 4.16. The number of hydrogen-bond donors (Lipinski definition) is 1. The average molecular weight is 181 g/mol. The molecule has 1 heterocycles. The van der Waals surface area contributed by atoms with Crippen LogP contribution in [0.5, 0.6) is 0 Å². The molecule has 12 heavy (non-hydrogen) atoms. The summed E-state index contributed by atoms with van der Waals surface area (Å²) in [5.74, 6) is 0.833. The Labute approximate surface area is 75.6 Å². The Hall–Kier alpha value is -0.830. The van der Waals surface area contributed by atoms with Crippen molar-refractivity contribution < 1.29 is 4.79 Å². The van der Waals surface area contributed by atoms with Crippen molar-refractivity contribution in [1.29, 1.82) is 0 Å². The Morgan fingerprint density at radius 3 is 3.08 bits per heavy atom. The van der Waals surface area contributed by atoms with Crippen LogP contribution in [0.1, 0.15) is 19.3 Å². The molecule has 64 valence electrons. The zero-order chi connectivity index (χ0) is 8.39. The fourth-order valence-corrected chi connectivity index (χ4v) is 1.72. The molecule has 1 aliphatic carbocycles. The van der Waals surface area contributed by atoms with Gasteiger partial charge in [-0.15, -0.1) is 0 Å². The topological polar surface area (TPSA) is 29.1 Å². The maximum absolute atomic E-state index is 11.3. The molecule has 0 aliphatic heterocycles. The van der Waals surface area contributed by atoms with Gasteiger partial charge in [-0.05, 0) is 30.2 Å². The van der Waals surface area contributed by atoms with Crippen LogP contribution < -0.4 is 5.32 Å². The molecule has 1 fully saturated rings. The minimum atomic E-state index is 0.163. The van der Waals surface area contributed by atoms with Crippen LogP contribution >= 0.6 is 11.3 Å². The smallest absolute Gasteiger partial charge is 0.224 e. The second-order valence-electron chi connectivity index (χ2n) is 3.21. The van der Waals surface area contributed by atoms with Gasteiger partial charge in [-0.1, -0.05) is 0 Å². The van der Waals surface area contributed by atoms with Gasteiger partial charge < -0.3 is 5.32 Å². The molecule has 3 heteroatoms. The summed E-state index contributed by atoms with van der Waals surface area (Å²) in [6.45, 7) is 0. The van der Waals surface area contributed by atoms with Gasteiger partial charge in [-0.3, -0.25) is 4.79 Å². The van der Waals surface area contributed by atoms with Crippen molar-refractivity contribution in [2.75, 3.05) is 5.32 Å². The molecule has 0 spiro atoms. The van der Waals surface area contributed by atoms with Gasteiger partial charge >= 0.3 is 0 Å². The lowest BCUT2D eigenvalue weighted by Gasteiger charge is -1.99. The normalized spacial score (nSPS) is 16.0. The maximum atomic E-state index is 11.3. The van der Waals surface area contributed by atoms with E-state index < -0.39 is 0 Å². The van der Waals surface area contributed by atoms with Crippen molar-refractivity contribution in [2.24, 2.45) is 5.92 Å². The molecule has 1 aromatic heterocycles.